The number of hydrogen-bond donors (Lipinski definition) is 1. The van der Waals surface area contributed by atoms with E-state index in [9.17, 15) is 4.79 Å². The second kappa shape index (κ2) is 5.27. The fourth-order valence-corrected chi connectivity index (χ4v) is 1.52. The van der Waals surface area contributed by atoms with Gasteiger partial charge in [0.2, 0.25) is 0 Å². The van der Waals surface area contributed by atoms with E-state index in [1.165, 1.54) is 6.07 Å². The van der Waals surface area contributed by atoms with Gasteiger partial charge in [0.15, 0.2) is 0 Å². The molecular formula is C13H9N5O2. The van der Waals surface area contributed by atoms with E-state index in [4.69, 9.17) is 4.74 Å². The van der Waals surface area contributed by atoms with Crippen molar-refractivity contribution in [3.8, 4) is 23.0 Å². The smallest absolute Gasteiger partial charge is 0.321 e. The third-order valence-corrected chi connectivity index (χ3v) is 2.45. The Morgan fingerprint density at radius 1 is 1.05 bits per heavy atom. The van der Waals surface area contributed by atoms with Crippen LogP contribution in [0, 0.1) is 0 Å². The summed E-state index contributed by atoms with van der Waals surface area (Å²) in [4.78, 5) is 23.0. The van der Waals surface area contributed by atoms with Crippen LogP contribution in [0.25, 0.3) is 11.3 Å². The Morgan fingerprint density at radius 3 is 2.55 bits per heavy atom. The van der Waals surface area contributed by atoms with E-state index in [0.29, 0.717) is 17.0 Å². The number of nitrogens with zero attached hydrogens (tertiary/aromatic N) is 4. The summed E-state index contributed by atoms with van der Waals surface area (Å²) in [7, 11) is 0. The van der Waals surface area contributed by atoms with Crippen LogP contribution in [0.5, 0.6) is 11.8 Å². The number of nitrogens with one attached hydrogen (secondary N) is 1. The van der Waals surface area contributed by atoms with Crippen molar-refractivity contribution in [3.05, 3.63) is 59.4 Å². The minimum Gasteiger partial charge on any atom is -0.423 e. The quantitative estimate of drug-likeness (QED) is 0.771. The minimum atomic E-state index is -0.258. The Morgan fingerprint density at radius 2 is 1.90 bits per heavy atom. The van der Waals surface area contributed by atoms with E-state index >= 15 is 0 Å². The first-order chi connectivity index (χ1) is 9.81. The third-order valence-electron chi connectivity index (χ3n) is 2.45. The molecule has 3 heterocycles. The zero-order chi connectivity index (χ0) is 13.8. The summed E-state index contributed by atoms with van der Waals surface area (Å²) in [6, 6.07) is 6.72. The summed E-state index contributed by atoms with van der Waals surface area (Å²) in [5.74, 6) is 0.558. The monoisotopic (exact) mass is 267 g/mol. The highest BCUT2D eigenvalue weighted by atomic mass is 16.5. The van der Waals surface area contributed by atoms with Gasteiger partial charge in [-0.1, -0.05) is 0 Å². The van der Waals surface area contributed by atoms with Crippen LogP contribution >= 0.6 is 0 Å². The third kappa shape index (κ3) is 2.66. The molecule has 0 aromatic carbocycles. The number of ether oxygens (including phenoxy) is 1. The van der Waals surface area contributed by atoms with E-state index < -0.39 is 0 Å². The molecular weight excluding hydrogens is 258 g/mol. The van der Waals surface area contributed by atoms with Gasteiger partial charge in [0.25, 0.3) is 5.56 Å². The van der Waals surface area contributed by atoms with Crippen molar-refractivity contribution >= 4 is 0 Å². The van der Waals surface area contributed by atoms with Crippen molar-refractivity contribution in [2.75, 3.05) is 0 Å². The first kappa shape index (κ1) is 12.0. The zero-order valence-electron chi connectivity index (χ0n) is 10.2. The number of aromatic amines is 1. The largest absolute Gasteiger partial charge is 0.423 e. The maximum atomic E-state index is 10.9. The van der Waals surface area contributed by atoms with E-state index in [-0.39, 0.29) is 11.6 Å². The summed E-state index contributed by atoms with van der Waals surface area (Å²) < 4.78 is 5.43. The average molecular weight is 267 g/mol. The highest BCUT2D eigenvalue weighted by Gasteiger charge is 2.04. The predicted octanol–water partition coefficient (Wildman–Crippen LogP) is 1.41. The molecule has 0 fully saturated rings. The molecule has 0 radical (unpaired) electrons. The molecule has 0 saturated carbocycles. The molecule has 3 aromatic rings. The topological polar surface area (TPSA) is 93.7 Å². The normalized spacial score (nSPS) is 10.2. The maximum Gasteiger partial charge on any atom is 0.321 e. The lowest BCUT2D eigenvalue weighted by Crippen LogP contribution is -2.05. The standard InChI is InChI=1S/C13H9N5O2/c19-12-4-3-11(17-18-12)9-6-15-13(16-7-9)20-10-2-1-5-14-8-10/h1-8H,(H,18,19). The van der Waals surface area contributed by atoms with Crippen LogP contribution < -0.4 is 10.3 Å². The second-order valence-corrected chi connectivity index (χ2v) is 3.85. The molecule has 0 spiro atoms. The van der Waals surface area contributed by atoms with Crippen molar-refractivity contribution in [1.29, 1.82) is 0 Å². The Labute approximate surface area is 113 Å². The highest BCUT2D eigenvalue weighted by molar-refractivity contribution is 5.55. The minimum absolute atomic E-state index is 0.214. The van der Waals surface area contributed by atoms with Crippen molar-refractivity contribution in [2.24, 2.45) is 0 Å². The van der Waals surface area contributed by atoms with Crippen LogP contribution in [0.15, 0.2) is 53.8 Å². The van der Waals surface area contributed by atoms with Gasteiger partial charge in [-0.25, -0.2) is 15.1 Å². The van der Waals surface area contributed by atoms with Gasteiger partial charge in [0, 0.05) is 30.2 Å². The Balaban J connectivity index is 1.81. The van der Waals surface area contributed by atoms with Crippen molar-refractivity contribution in [2.45, 2.75) is 0 Å². The number of H-pyrrole nitrogens is 1. The fraction of sp³-hybridized carbons (Fsp3) is 0. The summed E-state index contributed by atoms with van der Waals surface area (Å²) in [5, 5.41) is 6.25. The van der Waals surface area contributed by atoms with Crippen LogP contribution in [-0.2, 0) is 0 Å². The van der Waals surface area contributed by atoms with E-state index in [1.807, 2.05) is 0 Å². The molecule has 0 amide bonds. The lowest BCUT2D eigenvalue weighted by atomic mass is 10.2. The van der Waals surface area contributed by atoms with E-state index in [1.54, 1.807) is 43.0 Å². The number of aromatic nitrogens is 5. The molecule has 0 unspecified atom stereocenters. The van der Waals surface area contributed by atoms with Gasteiger partial charge in [-0.3, -0.25) is 9.78 Å². The van der Waals surface area contributed by atoms with Gasteiger partial charge in [-0.15, -0.1) is 0 Å². The molecule has 0 aliphatic carbocycles. The van der Waals surface area contributed by atoms with Crippen molar-refractivity contribution in [3.63, 3.8) is 0 Å². The zero-order valence-corrected chi connectivity index (χ0v) is 10.2. The maximum absolute atomic E-state index is 10.9. The van der Waals surface area contributed by atoms with E-state index in [2.05, 4.69) is 25.1 Å². The number of rotatable bonds is 3. The lowest BCUT2D eigenvalue weighted by molar-refractivity contribution is 0.440. The Kier molecular flexibility index (Phi) is 3.15. The van der Waals surface area contributed by atoms with Gasteiger partial charge in [-0.05, 0) is 18.2 Å². The van der Waals surface area contributed by atoms with Crippen molar-refractivity contribution in [1.82, 2.24) is 25.1 Å². The molecule has 98 valence electrons. The van der Waals surface area contributed by atoms with Crippen LogP contribution in [0.4, 0.5) is 0 Å². The van der Waals surface area contributed by atoms with Crippen LogP contribution in [0.1, 0.15) is 0 Å². The SMILES string of the molecule is O=c1ccc(-c2cnc(Oc3cccnc3)nc2)n[nH]1. The number of hydrogen-bond acceptors (Lipinski definition) is 6. The van der Waals surface area contributed by atoms with Gasteiger partial charge >= 0.3 is 6.01 Å². The molecule has 0 aliphatic heterocycles. The number of pyridine rings is 1. The van der Waals surface area contributed by atoms with Crippen LogP contribution in [0.2, 0.25) is 0 Å². The highest BCUT2D eigenvalue weighted by Crippen LogP contribution is 2.18. The molecule has 7 nitrogen and oxygen atoms in total. The molecule has 20 heavy (non-hydrogen) atoms. The molecule has 3 rings (SSSR count). The lowest BCUT2D eigenvalue weighted by Gasteiger charge is -2.03. The molecule has 0 atom stereocenters. The van der Waals surface area contributed by atoms with Gasteiger partial charge in [0.05, 0.1) is 11.9 Å². The predicted molar refractivity (Wildman–Crippen MR) is 70.2 cm³/mol. The van der Waals surface area contributed by atoms with Crippen LogP contribution in [0.3, 0.4) is 0 Å². The van der Waals surface area contributed by atoms with Crippen LogP contribution in [-0.4, -0.2) is 25.1 Å². The average Bonchev–Trinajstić information content (AvgIpc) is 2.50. The summed E-state index contributed by atoms with van der Waals surface area (Å²) in [6.07, 6.45) is 6.36. The molecule has 0 aliphatic rings. The fourth-order valence-electron chi connectivity index (χ4n) is 1.52. The first-order valence-electron chi connectivity index (χ1n) is 5.77. The molecule has 3 aromatic heterocycles. The van der Waals surface area contributed by atoms with Gasteiger partial charge in [0.1, 0.15) is 5.75 Å². The molecule has 0 bridgehead atoms. The first-order valence-corrected chi connectivity index (χ1v) is 5.77. The molecule has 7 heteroatoms. The molecule has 0 saturated heterocycles. The Hall–Kier alpha value is -3.09. The van der Waals surface area contributed by atoms with E-state index in [0.717, 1.165) is 0 Å². The summed E-state index contributed by atoms with van der Waals surface area (Å²) in [5.41, 5.74) is 1.00. The van der Waals surface area contributed by atoms with Gasteiger partial charge < -0.3 is 4.74 Å². The Bertz CT molecular complexity index is 735. The van der Waals surface area contributed by atoms with Gasteiger partial charge in [-0.2, -0.15) is 5.10 Å². The second-order valence-electron chi connectivity index (χ2n) is 3.85. The summed E-state index contributed by atoms with van der Waals surface area (Å²) >= 11 is 0. The molecule has 1 N–H and O–H groups in total. The summed E-state index contributed by atoms with van der Waals surface area (Å²) in [6.45, 7) is 0. The van der Waals surface area contributed by atoms with Crippen molar-refractivity contribution < 1.29 is 4.74 Å².